The molecule has 50 valence electrons. The second-order valence-corrected chi connectivity index (χ2v) is 4.63. The zero-order chi connectivity index (χ0) is 7.07. The summed E-state index contributed by atoms with van der Waals surface area (Å²) < 4.78 is 21.7. The summed E-state index contributed by atoms with van der Waals surface area (Å²) >= 11 is 0. The maximum atomic E-state index is 10.8. The molecule has 0 aliphatic carbocycles. The smallest absolute Gasteiger partial charge is 0.156 e. The Kier molecular flexibility index (Phi) is 1.55. The molecule has 4 radical (unpaired) electrons. The fraction of sp³-hybridized carbons (Fsp3) is 0.667. The van der Waals surface area contributed by atoms with Gasteiger partial charge in [-0.25, -0.2) is 8.42 Å². The minimum Gasteiger partial charge on any atom is -0.228 e. The predicted octanol–water partition coefficient (Wildman–Crippen LogP) is 0.354. The van der Waals surface area contributed by atoms with Gasteiger partial charge in [-0.05, 0) is 26.7 Å². The lowest BCUT2D eigenvalue weighted by molar-refractivity contribution is 0.592. The van der Waals surface area contributed by atoms with E-state index in [0.29, 0.717) is 12.8 Å². The highest BCUT2D eigenvalue weighted by atomic mass is 32.2. The lowest BCUT2D eigenvalue weighted by Gasteiger charge is -2.01. The molecule has 0 aromatic heterocycles. The average Bonchev–Trinajstić information content (AvgIpc) is 1.96. The summed E-state index contributed by atoms with van der Waals surface area (Å²) in [5.41, 5.74) is 0. The van der Waals surface area contributed by atoms with E-state index in [1.165, 1.54) is 0 Å². The van der Waals surface area contributed by atoms with E-state index >= 15 is 0 Å². The normalized spacial score (nSPS) is 41.1. The second-order valence-electron chi connectivity index (χ2n) is 2.24. The molecule has 1 aliphatic rings. The van der Waals surface area contributed by atoms with E-state index < -0.39 is 20.3 Å². The SMILES string of the molecule is [CH]C1CCC([CH])S1(=O)=O. The minimum absolute atomic E-state index is 0.503. The molecule has 0 aromatic rings. The summed E-state index contributed by atoms with van der Waals surface area (Å²) in [6, 6.07) is 0. The third kappa shape index (κ3) is 0.980. The molecule has 1 aliphatic heterocycles. The Balaban J connectivity index is 2.93. The van der Waals surface area contributed by atoms with Crippen LogP contribution in [0.3, 0.4) is 0 Å². The minimum atomic E-state index is -3.15. The fourth-order valence-electron chi connectivity index (χ4n) is 0.882. The van der Waals surface area contributed by atoms with Crippen molar-refractivity contribution in [3.8, 4) is 0 Å². The summed E-state index contributed by atoms with van der Waals surface area (Å²) in [6.07, 6.45) is 1.01. The molecule has 2 unspecified atom stereocenters. The molecule has 0 N–H and O–H groups in total. The van der Waals surface area contributed by atoms with E-state index in [1.54, 1.807) is 0 Å². The molecule has 2 atom stereocenters. The standard InChI is InChI=1S/C6H8O2S/c1-5-3-4-6(2)9(5,7)8/h1-2,5-6H,3-4H2. The lowest BCUT2D eigenvalue weighted by atomic mass is 10.2. The zero-order valence-corrected chi connectivity index (χ0v) is 5.76. The summed E-state index contributed by atoms with van der Waals surface area (Å²) in [5, 5.41) is -1.43. The molecule has 2 nitrogen and oxygen atoms in total. The molecule has 1 heterocycles. The van der Waals surface area contributed by atoms with Crippen molar-refractivity contribution in [2.75, 3.05) is 0 Å². The highest BCUT2D eigenvalue weighted by Gasteiger charge is 2.34. The van der Waals surface area contributed by atoms with Crippen LogP contribution in [0.15, 0.2) is 0 Å². The molecule has 1 rings (SSSR count). The van der Waals surface area contributed by atoms with Crippen molar-refractivity contribution in [1.82, 2.24) is 0 Å². The fourth-order valence-corrected chi connectivity index (χ4v) is 2.26. The van der Waals surface area contributed by atoms with E-state index in [4.69, 9.17) is 13.8 Å². The van der Waals surface area contributed by atoms with Crippen molar-refractivity contribution in [2.24, 2.45) is 0 Å². The Bertz CT molecular complexity index is 177. The molecule has 9 heavy (non-hydrogen) atoms. The van der Waals surface area contributed by atoms with Crippen molar-refractivity contribution in [3.63, 3.8) is 0 Å². The Morgan fingerprint density at radius 3 is 1.56 bits per heavy atom. The van der Waals surface area contributed by atoms with Crippen LogP contribution < -0.4 is 0 Å². The second kappa shape index (κ2) is 1.97. The van der Waals surface area contributed by atoms with E-state index in [2.05, 4.69) is 0 Å². The topological polar surface area (TPSA) is 34.1 Å². The molecule has 1 saturated heterocycles. The summed E-state index contributed by atoms with van der Waals surface area (Å²) in [5.74, 6) is 0. The van der Waals surface area contributed by atoms with E-state index in [0.717, 1.165) is 0 Å². The van der Waals surface area contributed by atoms with E-state index in [9.17, 15) is 8.42 Å². The molecule has 0 bridgehead atoms. The van der Waals surface area contributed by atoms with Crippen LogP contribution in [0.2, 0.25) is 0 Å². The molecule has 0 saturated carbocycles. The van der Waals surface area contributed by atoms with E-state index in [1.807, 2.05) is 0 Å². The van der Waals surface area contributed by atoms with Crippen LogP contribution in [-0.4, -0.2) is 18.9 Å². The Labute approximate surface area is 56.2 Å². The van der Waals surface area contributed by atoms with Crippen LogP contribution in [0.5, 0.6) is 0 Å². The number of hydrogen-bond donors (Lipinski definition) is 0. The van der Waals surface area contributed by atoms with Crippen molar-refractivity contribution in [2.45, 2.75) is 23.3 Å². The van der Waals surface area contributed by atoms with Crippen LogP contribution in [0.4, 0.5) is 0 Å². The summed E-state index contributed by atoms with van der Waals surface area (Å²) in [7, 11) is -3.15. The van der Waals surface area contributed by atoms with Gasteiger partial charge in [-0.3, -0.25) is 0 Å². The van der Waals surface area contributed by atoms with Gasteiger partial charge in [-0.1, -0.05) is 0 Å². The van der Waals surface area contributed by atoms with E-state index in [-0.39, 0.29) is 0 Å². The largest absolute Gasteiger partial charge is 0.228 e. The van der Waals surface area contributed by atoms with Gasteiger partial charge in [0.05, 0.1) is 10.5 Å². The quantitative estimate of drug-likeness (QED) is 0.491. The number of hydrogen-bond acceptors (Lipinski definition) is 2. The summed E-state index contributed by atoms with van der Waals surface area (Å²) in [6.45, 7) is 10.5. The van der Waals surface area contributed by atoms with Gasteiger partial charge in [0.15, 0.2) is 9.84 Å². The molecule has 0 spiro atoms. The van der Waals surface area contributed by atoms with Crippen LogP contribution in [0.1, 0.15) is 12.8 Å². The van der Waals surface area contributed by atoms with Crippen LogP contribution in [0, 0.1) is 13.8 Å². The molecular formula is C6H8O2S. The third-order valence-electron chi connectivity index (χ3n) is 1.58. The van der Waals surface area contributed by atoms with Crippen LogP contribution in [0.25, 0.3) is 0 Å². The van der Waals surface area contributed by atoms with Gasteiger partial charge in [0.2, 0.25) is 0 Å². The third-order valence-corrected chi connectivity index (χ3v) is 3.74. The zero-order valence-electron chi connectivity index (χ0n) is 4.95. The molecule has 0 aromatic carbocycles. The first-order chi connectivity index (χ1) is 4.05. The lowest BCUT2D eigenvalue weighted by Crippen LogP contribution is -2.17. The summed E-state index contributed by atoms with van der Waals surface area (Å²) in [4.78, 5) is 0. The number of rotatable bonds is 0. The van der Waals surface area contributed by atoms with Crippen molar-refractivity contribution >= 4 is 9.84 Å². The van der Waals surface area contributed by atoms with Crippen molar-refractivity contribution in [3.05, 3.63) is 13.8 Å². The first-order valence-corrected chi connectivity index (χ1v) is 4.40. The predicted molar refractivity (Wildman–Crippen MR) is 34.3 cm³/mol. The first-order valence-electron chi connectivity index (χ1n) is 2.79. The maximum absolute atomic E-state index is 10.8. The molecule has 0 amide bonds. The maximum Gasteiger partial charge on any atom is 0.156 e. The van der Waals surface area contributed by atoms with Gasteiger partial charge in [-0.15, -0.1) is 0 Å². The Morgan fingerprint density at radius 1 is 1.11 bits per heavy atom. The average molecular weight is 144 g/mol. The van der Waals surface area contributed by atoms with Gasteiger partial charge < -0.3 is 0 Å². The highest BCUT2D eigenvalue weighted by molar-refractivity contribution is 7.93. The van der Waals surface area contributed by atoms with Gasteiger partial charge in [-0.2, -0.15) is 0 Å². The van der Waals surface area contributed by atoms with Gasteiger partial charge in [0, 0.05) is 0 Å². The Morgan fingerprint density at radius 2 is 1.44 bits per heavy atom. The van der Waals surface area contributed by atoms with Gasteiger partial charge in [0.25, 0.3) is 0 Å². The first kappa shape index (κ1) is 7.06. The Hall–Kier alpha value is -0.0500. The molecule has 1 fully saturated rings. The van der Waals surface area contributed by atoms with Gasteiger partial charge >= 0.3 is 0 Å². The van der Waals surface area contributed by atoms with Crippen molar-refractivity contribution < 1.29 is 8.42 Å². The number of sulfone groups is 1. The van der Waals surface area contributed by atoms with Crippen LogP contribution in [-0.2, 0) is 9.84 Å². The van der Waals surface area contributed by atoms with Crippen LogP contribution >= 0.6 is 0 Å². The molecule has 3 heteroatoms. The van der Waals surface area contributed by atoms with Gasteiger partial charge in [0.1, 0.15) is 0 Å². The van der Waals surface area contributed by atoms with Crippen molar-refractivity contribution in [1.29, 1.82) is 0 Å². The highest BCUT2D eigenvalue weighted by Crippen LogP contribution is 2.25. The molecular weight excluding hydrogens is 136 g/mol. The monoisotopic (exact) mass is 144 g/mol.